The summed E-state index contributed by atoms with van der Waals surface area (Å²) >= 11 is 7.11. The van der Waals surface area contributed by atoms with Crippen LogP contribution in [-0.2, 0) is 51.0 Å². The number of nitriles is 1. The number of fused-ring (bicyclic) bond motifs is 1. The maximum atomic E-state index is 11.8. The number of ether oxygens (including phenoxy) is 8. The summed E-state index contributed by atoms with van der Waals surface area (Å²) in [6.07, 6.45) is 12.7. The number of carbonyl (C=O) groups excluding carboxylic acids is 2. The molecule has 80 heavy (non-hydrogen) atoms. The lowest BCUT2D eigenvalue weighted by molar-refractivity contribution is -0.698. The second-order valence-corrected chi connectivity index (χ2v) is 21.3. The third kappa shape index (κ3) is 18.5. The van der Waals surface area contributed by atoms with Gasteiger partial charge in [0.15, 0.2) is 23.7 Å². The number of pyridine rings is 3. The highest BCUT2D eigenvalue weighted by Gasteiger charge is 2.48. The minimum atomic E-state index is -0.555. The van der Waals surface area contributed by atoms with Crippen LogP contribution in [0.1, 0.15) is 72.4 Å². The lowest BCUT2D eigenvalue weighted by Crippen LogP contribution is -2.36. The van der Waals surface area contributed by atoms with Gasteiger partial charge >= 0.3 is 12.2 Å². The van der Waals surface area contributed by atoms with Crippen molar-refractivity contribution in [2.45, 2.75) is 103 Å². The summed E-state index contributed by atoms with van der Waals surface area (Å²) in [7, 11) is 0. The van der Waals surface area contributed by atoms with Crippen molar-refractivity contribution < 1.29 is 52.1 Å². The molecule has 430 valence electrons. The topological polar surface area (TPSA) is 289 Å². The number of hydrogen-bond donors (Lipinski definition) is 4. The van der Waals surface area contributed by atoms with Gasteiger partial charge in [0.25, 0.3) is 5.15 Å². The third-order valence-corrected chi connectivity index (χ3v) is 12.3. The number of nitrogens with one attached hydrogen (secondary N) is 4. The predicted molar refractivity (Wildman–Crippen MR) is 292 cm³/mol. The fraction of sp³-hybridized carbons (Fsp3) is 0.566. The first-order valence-electron chi connectivity index (χ1n) is 26.8. The van der Waals surface area contributed by atoms with Gasteiger partial charge < -0.3 is 59.2 Å². The number of aromatic nitrogens is 11. The summed E-state index contributed by atoms with van der Waals surface area (Å²) in [6.45, 7) is 17.1. The van der Waals surface area contributed by atoms with Crippen LogP contribution in [-0.4, -0.2) is 178 Å². The molecule has 0 radical (unpaired) electrons. The Bertz CT molecular complexity index is 3020. The monoisotopic (exact) mass is 1130 g/mol. The van der Waals surface area contributed by atoms with E-state index in [9.17, 15) is 14.9 Å². The van der Waals surface area contributed by atoms with Crippen LogP contribution >= 0.6 is 11.6 Å². The van der Waals surface area contributed by atoms with Crippen molar-refractivity contribution in [3.63, 3.8) is 0 Å². The average Bonchev–Trinajstić information content (AvgIpc) is 4.20. The van der Waals surface area contributed by atoms with Crippen LogP contribution in [0.3, 0.4) is 0 Å². The Balaban J connectivity index is 0.843. The van der Waals surface area contributed by atoms with Gasteiger partial charge in [-0.15, -0.1) is 10.2 Å². The van der Waals surface area contributed by atoms with Crippen molar-refractivity contribution in [2.24, 2.45) is 0 Å². The molecule has 27 heteroatoms. The van der Waals surface area contributed by atoms with E-state index in [4.69, 9.17) is 54.5 Å². The first kappa shape index (κ1) is 59.0. The smallest absolute Gasteiger partial charge is 0.407 e. The standard InChI is InChI=1S/C53H71ClN16O10/c1-52(2,3)79-50(71)56-9-13-73-17-21-77-23-19-75-15-11-67-34-44(63-65-67)39-32-58-48(70-49-37(31-60-70)25-36(29-55)30-59-49)28-42(39)62-43-26-46(43)69-33-40(41(27-47(69)54)61-38-7-8-38)45-35-68(66-64-45)12-16-76-20-24-78-22-18-74-14-10-57-51(72)80-53(4,5)6/h25,27-28,30-35,38,43,46H,7-24,26H2,1-6H3,(H3,56,57,58,62,71,72)/p+1. The summed E-state index contributed by atoms with van der Waals surface area (Å²) in [5, 5.41) is 46.0. The molecule has 6 heterocycles. The summed E-state index contributed by atoms with van der Waals surface area (Å²) in [6, 6.07) is 8.06. The van der Waals surface area contributed by atoms with E-state index in [1.54, 1.807) is 32.5 Å². The number of hydrogen-bond acceptors (Lipinski definition) is 20. The van der Waals surface area contributed by atoms with Crippen molar-refractivity contribution in [1.29, 1.82) is 5.26 Å². The van der Waals surface area contributed by atoms with E-state index in [2.05, 4.69) is 62.6 Å². The van der Waals surface area contributed by atoms with Gasteiger partial charge in [-0.05, 0) is 72.1 Å². The van der Waals surface area contributed by atoms with Gasteiger partial charge in [0.2, 0.25) is 0 Å². The number of alkyl carbamates (subject to hydrolysis) is 2. The molecule has 26 nitrogen and oxygen atoms in total. The Morgan fingerprint density at radius 2 is 1.23 bits per heavy atom. The van der Waals surface area contributed by atoms with Gasteiger partial charge in [-0.2, -0.15) is 19.6 Å². The molecule has 6 aromatic heterocycles. The minimum absolute atomic E-state index is 0.0202. The fourth-order valence-corrected chi connectivity index (χ4v) is 8.27. The Kier molecular flexibility index (Phi) is 20.9. The molecule has 0 bridgehead atoms. The van der Waals surface area contributed by atoms with E-state index in [0.29, 0.717) is 150 Å². The molecule has 8 rings (SSSR count). The molecule has 2 saturated carbocycles. The van der Waals surface area contributed by atoms with Gasteiger partial charge in [-0.1, -0.05) is 10.4 Å². The maximum absolute atomic E-state index is 11.8. The fourth-order valence-electron chi connectivity index (χ4n) is 7.99. The van der Waals surface area contributed by atoms with Crippen LogP contribution in [0.15, 0.2) is 55.4 Å². The van der Waals surface area contributed by atoms with Gasteiger partial charge in [0.1, 0.15) is 28.7 Å². The Morgan fingerprint density at radius 3 is 1.77 bits per heavy atom. The number of anilines is 2. The molecule has 0 spiro atoms. The van der Waals surface area contributed by atoms with Gasteiger partial charge in [0.05, 0.1) is 134 Å². The lowest BCUT2D eigenvalue weighted by Gasteiger charge is -2.19. The molecule has 0 saturated heterocycles. The van der Waals surface area contributed by atoms with E-state index in [0.717, 1.165) is 41.8 Å². The zero-order chi connectivity index (χ0) is 56.5. The van der Waals surface area contributed by atoms with E-state index in [1.165, 1.54) is 6.20 Å². The Hall–Kier alpha value is -7.12. The highest BCUT2D eigenvalue weighted by atomic mass is 35.5. The molecule has 4 N–H and O–H groups in total. The van der Waals surface area contributed by atoms with Crippen LogP contribution in [0.2, 0.25) is 5.15 Å². The maximum Gasteiger partial charge on any atom is 0.407 e. The van der Waals surface area contributed by atoms with Crippen molar-refractivity contribution in [3.8, 4) is 34.4 Å². The van der Waals surface area contributed by atoms with E-state index in [1.807, 2.05) is 72.3 Å². The molecule has 0 aliphatic heterocycles. The SMILES string of the molecule is CC(C)(C)OC(=O)NCCOCCOCCOCCn1cc(-c2c[n+](C3CC3Nc3cc(-n4ncc5cc(C#N)cnc54)ncc3-c3cn(CCOCCOCCOCCNC(=O)OC(C)(C)C)nn3)c(Cl)cc2NC2CC2)nn1. The molecule has 2 amide bonds. The summed E-state index contributed by atoms with van der Waals surface area (Å²) in [5.74, 6) is 0.514. The third-order valence-electron chi connectivity index (χ3n) is 12.0. The quantitative estimate of drug-likeness (QED) is 0.0237. The number of nitrogens with zero attached hydrogens (tertiary/aromatic N) is 12. The van der Waals surface area contributed by atoms with Gasteiger partial charge in [0, 0.05) is 66.7 Å². The summed E-state index contributed by atoms with van der Waals surface area (Å²) in [4.78, 5) is 32.8. The van der Waals surface area contributed by atoms with Crippen molar-refractivity contribution in [1.82, 2.24) is 60.4 Å². The van der Waals surface area contributed by atoms with Crippen LogP contribution < -0.4 is 25.8 Å². The molecule has 2 unspecified atom stereocenters. The predicted octanol–water partition coefficient (Wildman–Crippen LogP) is 5.29. The van der Waals surface area contributed by atoms with Crippen molar-refractivity contribution in [2.75, 3.05) is 103 Å². The molecule has 2 aliphatic carbocycles. The first-order chi connectivity index (χ1) is 38.6. The molecule has 2 aliphatic rings. The zero-order valence-electron chi connectivity index (χ0n) is 46.2. The molecule has 6 aromatic rings. The second kappa shape index (κ2) is 28.3. The number of rotatable bonds is 32. The van der Waals surface area contributed by atoms with Crippen molar-refractivity contribution in [3.05, 3.63) is 66.1 Å². The summed E-state index contributed by atoms with van der Waals surface area (Å²) in [5.41, 5.74) is 4.42. The highest BCUT2D eigenvalue weighted by molar-refractivity contribution is 6.28. The van der Waals surface area contributed by atoms with Crippen LogP contribution in [0, 0.1) is 11.3 Å². The first-order valence-corrected chi connectivity index (χ1v) is 27.2. The van der Waals surface area contributed by atoms with Crippen LogP contribution in [0.5, 0.6) is 0 Å². The van der Waals surface area contributed by atoms with Crippen molar-refractivity contribution >= 4 is 46.2 Å². The largest absolute Gasteiger partial charge is 0.444 e. The number of carbonyl (C=O) groups is 2. The van der Waals surface area contributed by atoms with Gasteiger partial charge in [-0.25, -0.2) is 28.9 Å². The van der Waals surface area contributed by atoms with Gasteiger partial charge in [-0.3, -0.25) is 0 Å². The lowest BCUT2D eigenvalue weighted by atomic mass is 10.1. The van der Waals surface area contributed by atoms with E-state index >= 15 is 0 Å². The molecule has 0 aromatic carbocycles. The zero-order valence-corrected chi connectivity index (χ0v) is 46.9. The number of amides is 2. The van der Waals surface area contributed by atoms with Crippen LogP contribution in [0.25, 0.3) is 39.4 Å². The Morgan fingerprint density at radius 1 is 0.688 bits per heavy atom. The average molecular weight is 1130 g/mol. The summed E-state index contributed by atoms with van der Waals surface area (Å²) < 4.78 is 51.5. The second-order valence-electron chi connectivity index (χ2n) is 21.0. The Labute approximate surface area is 469 Å². The molecular weight excluding hydrogens is 1060 g/mol. The highest BCUT2D eigenvalue weighted by Crippen LogP contribution is 2.40. The molecule has 2 fully saturated rings. The minimum Gasteiger partial charge on any atom is -0.444 e. The molecular formula is C53H72ClN16O10+. The normalized spacial score (nSPS) is 15.2. The van der Waals surface area contributed by atoms with Crippen LogP contribution in [0.4, 0.5) is 21.0 Å². The molecule has 2 atom stereocenters. The number of halogens is 1. The van der Waals surface area contributed by atoms with E-state index in [-0.39, 0.29) is 12.1 Å². The van der Waals surface area contributed by atoms with E-state index < -0.39 is 23.4 Å².